The molecule has 4 rings (SSSR count). The van der Waals surface area contributed by atoms with Crippen LogP contribution in [0.15, 0.2) is 18.2 Å². The van der Waals surface area contributed by atoms with E-state index in [2.05, 4.69) is 25.0 Å². The first-order valence-corrected chi connectivity index (χ1v) is 10.1. The van der Waals surface area contributed by atoms with E-state index < -0.39 is 0 Å². The van der Waals surface area contributed by atoms with Crippen LogP contribution in [0.25, 0.3) is 0 Å². The minimum absolute atomic E-state index is 0. The van der Waals surface area contributed by atoms with E-state index in [1.807, 2.05) is 26.0 Å². The van der Waals surface area contributed by atoms with E-state index in [-0.39, 0.29) is 28.9 Å². The molecular formula is C20H29ClN6O2. The fraction of sp³-hybridized carbons (Fsp3) is 0.600. The number of nitro benzene ring substituents is 1. The maximum absolute atomic E-state index is 11.4. The molecule has 2 aliphatic rings. The maximum atomic E-state index is 11.4. The molecule has 0 atom stereocenters. The van der Waals surface area contributed by atoms with E-state index in [9.17, 15) is 10.1 Å². The van der Waals surface area contributed by atoms with Gasteiger partial charge in [-0.2, -0.15) is 0 Å². The van der Waals surface area contributed by atoms with Gasteiger partial charge in [-0.1, -0.05) is 26.0 Å². The Morgan fingerprint density at radius 1 is 1.24 bits per heavy atom. The van der Waals surface area contributed by atoms with Gasteiger partial charge in [-0.15, -0.1) is 22.6 Å². The lowest BCUT2D eigenvalue weighted by atomic mass is 9.95. The van der Waals surface area contributed by atoms with Gasteiger partial charge < -0.3 is 9.88 Å². The van der Waals surface area contributed by atoms with Gasteiger partial charge in [-0.05, 0) is 37.4 Å². The van der Waals surface area contributed by atoms with Crippen LogP contribution in [0.3, 0.4) is 0 Å². The number of benzene rings is 1. The number of aromatic nitrogens is 3. The van der Waals surface area contributed by atoms with Crippen molar-refractivity contribution in [3.8, 4) is 0 Å². The molecule has 0 saturated carbocycles. The molecule has 3 heterocycles. The van der Waals surface area contributed by atoms with Gasteiger partial charge in [0.05, 0.1) is 11.5 Å². The van der Waals surface area contributed by atoms with Crippen LogP contribution >= 0.6 is 12.4 Å². The number of hydrogen-bond acceptors (Lipinski definition) is 6. The molecule has 1 aromatic heterocycles. The fourth-order valence-electron chi connectivity index (χ4n) is 4.36. The third kappa shape index (κ3) is 4.60. The number of hydrogen-bond donors (Lipinski definition) is 1. The van der Waals surface area contributed by atoms with Gasteiger partial charge in [0.1, 0.15) is 11.6 Å². The molecule has 0 radical (unpaired) electrons. The number of nitro groups is 1. The minimum Gasteiger partial charge on any atom is -0.312 e. The van der Waals surface area contributed by atoms with E-state index in [0.29, 0.717) is 5.92 Å². The van der Waals surface area contributed by atoms with Crippen LogP contribution in [-0.2, 0) is 19.6 Å². The van der Waals surface area contributed by atoms with Crippen molar-refractivity contribution >= 4 is 18.1 Å². The molecule has 0 bridgehead atoms. The van der Waals surface area contributed by atoms with Crippen molar-refractivity contribution in [1.82, 2.24) is 25.0 Å². The molecule has 0 aliphatic carbocycles. The number of halogens is 1. The van der Waals surface area contributed by atoms with Crippen molar-refractivity contribution in [2.24, 2.45) is 0 Å². The lowest BCUT2D eigenvalue weighted by molar-refractivity contribution is -0.385. The molecule has 9 heteroatoms. The number of likely N-dealkylation sites (tertiary alicyclic amines) is 1. The van der Waals surface area contributed by atoms with Crippen molar-refractivity contribution in [2.75, 3.05) is 19.6 Å². The van der Waals surface area contributed by atoms with Gasteiger partial charge in [0, 0.05) is 37.2 Å². The second-order valence-corrected chi connectivity index (χ2v) is 8.16. The molecule has 1 N–H and O–H groups in total. The zero-order valence-electron chi connectivity index (χ0n) is 17.0. The summed E-state index contributed by atoms with van der Waals surface area (Å²) in [6.07, 6.45) is 2.11. The molecule has 1 aromatic carbocycles. The zero-order chi connectivity index (χ0) is 19.7. The Morgan fingerprint density at radius 3 is 2.69 bits per heavy atom. The third-order valence-electron chi connectivity index (χ3n) is 5.92. The highest BCUT2D eigenvalue weighted by molar-refractivity contribution is 5.85. The first kappa shape index (κ1) is 21.7. The number of fused-ring (bicyclic) bond motifs is 1. The zero-order valence-corrected chi connectivity index (χ0v) is 17.8. The van der Waals surface area contributed by atoms with Crippen molar-refractivity contribution < 1.29 is 4.92 Å². The number of nitrogens with one attached hydrogen (secondary N) is 1. The van der Waals surface area contributed by atoms with Gasteiger partial charge in [-0.3, -0.25) is 15.0 Å². The first-order chi connectivity index (χ1) is 13.5. The smallest absolute Gasteiger partial charge is 0.273 e. The number of rotatable bonds is 5. The Bertz CT molecular complexity index is 861. The third-order valence-corrected chi connectivity index (χ3v) is 5.92. The van der Waals surface area contributed by atoms with E-state index in [0.717, 1.165) is 74.9 Å². The fourth-order valence-corrected chi connectivity index (χ4v) is 4.36. The second-order valence-electron chi connectivity index (χ2n) is 8.16. The van der Waals surface area contributed by atoms with Gasteiger partial charge >= 0.3 is 0 Å². The summed E-state index contributed by atoms with van der Waals surface area (Å²) in [5, 5.41) is 23.6. The predicted octanol–water partition coefficient (Wildman–Crippen LogP) is 3.21. The Balaban J connectivity index is 0.00000240. The summed E-state index contributed by atoms with van der Waals surface area (Å²) < 4.78 is 2.28. The topological polar surface area (TPSA) is 89.1 Å². The van der Waals surface area contributed by atoms with E-state index in [1.54, 1.807) is 6.07 Å². The van der Waals surface area contributed by atoms with E-state index in [4.69, 9.17) is 0 Å². The van der Waals surface area contributed by atoms with Gasteiger partial charge in [0.15, 0.2) is 0 Å². The Labute approximate surface area is 177 Å². The Hall–Kier alpha value is -2.03. The highest BCUT2D eigenvalue weighted by atomic mass is 35.5. The highest BCUT2D eigenvalue weighted by Gasteiger charge is 2.27. The van der Waals surface area contributed by atoms with Crippen LogP contribution < -0.4 is 5.32 Å². The summed E-state index contributed by atoms with van der Waals surface area (Å²) in [4.78, 5) is 13.6. The molecule has 0 amide bonds. The van der Waals surface area contributed by atoms with Crippen LogP contribution in [0.2, 0.25) is 0 Å². The van der Waals surface area contributed by atoms with Gasteiger partial charge in [0.25, 0.3) is 5.69 Å². The average molecular weight is 421 g/mol. The summed E-state index contributed by atoms with van der Waals surface area (Å²) in [6.45, 7) is 9.42. The standard InChI is InChI=1S/C20H28N6O2.ClH/c1-14(2)17-4-3-15(11-18(17)26(27)28)13-24-8-5-16(6-9-24)20-23-22-19-12-21-7-10-25(19)20;/h3-4,11,14,16,21H,5-10,12-13H2,1-2H3;1H. The van der Waals surface area contributed by atoms with Gasteiger partial charge in [-0.25, -0.2) is 0 Å². The average Bonchev–Trinajstić information content (AvgIpc) is 3.12. The van der Waals surface area contributed by atoms with Crippen molar-refractivity contribution in [3.05, 3.63) is 51.1 Å². The largest absolute Gasteiger partial charge is 0.312 e. The number of nitrogens with zero attached hydrogens (tertiary/aromatic N) is 5. The monoisotopic (exact) mass is 420 g/mol. The summed E-state index contributed by atoms with van der Waals surface area (Å²) >= 11 is 0. The lowest BCUT2D eigenvalue weighted by Gasteiger charge is -2.32. The Kier molecular flexibility index (Phi) is 6.87. The highest BCUT2D eigenvalue weighted by Crippen LogP contribution is 2.30. The molecule has 0 unspecified atom stereocenters. The van der Waals surface area contributed by atoms with Crippen LogP contribution in [0.5, 0.6) is 0 Å². The quantitative estimate of drug-likeness (QED) is 0.590. The maximum Gasteiger partial charge on any atom is 0.273 e. The number of piperidine rings is 1. The van der Waals surface area contributed by atoms with Crippen LogP contribution in [0.1, 0.15) is 61.3 Å². The molecule has 158 valence electrons. The summed E-state index contributed by atoms with van der Waals surface area (Å²) in [5.74, 6) is 2.78. The minimum atomic E-state index is -0.256. The summed E-state index contributed by atoms with van der Waals surface area (Å²) in [6, 6.07) is 5.71. The van der Waals surface area contributed by atoms with Crippen LogP contribution in [-0.4, -0.2) is 44.2 Å². The molecule has 0 spiro atoms. The SMILES string of the molecule is CC(C)c1ccc(CN2CCC(c3nnc4n3CCNC4)CC2)cc1[N+](=O)[O-].Cl. The molecule has 8 nitrogen and oxygen atoms in total. The van der Waals surface area contributed by atoms with Crippen LogP contribution in [0, 0.1) is 10.1 Å². The Morgan fingerprint density at radius 2 is 2.00 bits per heavy atom. The van der Waals surface area contributed by atoms with Crippen molar-refractivity contribution in [3.63, 3.8) is 0 Å². The molecule has 2 aliphatic heterocycles. The van der Waals surface area contributed by atoms with Gasteiger partial charge in [0.2, 0.25) is 0 Å². The van der Waals surface area contributed by atoms with Crippen molar-refractivity contribution in [1.29, 1.82) is 0 Å². The van der Waals surface area contributed by atoms with Crippen molar-refractivity contribution in [2.45, 2.75) is 58.2 Å². The van der Waals surface area contributed by atoms with Crippen LogP contribution in [0.4, 0.5) is 5.69 Å². The van der Waals surface area contributed by atoms with E-state index >= 15 is 0 Å². The predicted molar refractivity (Wildman–Crippen MR) is 113 cm³/mol. The molecule has 29 heavy (non-hydrogen) atoms. The molecule has 1 saturated heterocycles. The molecular weight excluding hydrogens is 392 g/mol. The first-order valence-electron chi connectivity index (χ1n) is 10.1. The lowest BCUT2D eigenvalue weighted by Crippen LogP contribution is -2.34. The molecule has 1 fully saturated rings. The normalized spacial score (nSPS) is 17.8. The van der Waals surface area contributed by atoms with E-state index in [1.165, 1.54) is 0 Å². The molecule has 2 aromatic rings. The summed E-state index contributed by atoms with van der Waals surface area (Å²) in [5.41, 5.74) is 2.06. The second kappa shape index (κ2) is 9.19. The summed E-state index contributed by atoms with van der Waals surface area (Å²) in [7, 11) is 0.